The largest absolute Gasteiger partial charge is 0.488 e. The molecule has 0 unspecified atom stereocenters. The Hall–Kier alpha value is -2.49. The lowest BCUT2D eigenvalue weighted by atomic mass is 10.1. The van der Waals surface area contributed by atoms with Gasteiger partial charge in [-0.2, -0.15) is 0 Å². The summed E-state index contributed by atoms with van der Waals surface area (Å²) in [6.45, 7) is 0.365. The van der Waals surface area contributed by atoms with E-state index in [4.69, 9.17) is 27.9 Å². The molecule has 0 aromatic heterocycles. The monoisotopic (exact) mass is 371 g/mol. The highest BCUT2D eigenvalue weighted by molar-refractivity contribution is 6.31. The minimum absolute atomic E-state index is 0.298. The first-order valence-electron chi connectivity index (χ1n) is 7.65. The first-order valence-corrected chi connectivity index (χ1v) is 8.40. The number of hydrogen-bond donors (Lipinski definition) is 1. The summed E-state index contributed by atoms with van der Waals surface area (Å²) >= 11 is 11.9. The molecular weight excluding hydrogens is 357 g/mol. The van der Waals surface area contributed by atoms with Crippen LogP contribution in [0.1, 0.15) is 15.9 Å². The number of amides is 1. The summed E-state index contributed by atoms with van der Waals surface area (Å²) in [6.07, 6.45) is 0. The second-order valence-corrected chi connectivity index (χ2v) is 6.25. The number of anilines is 1. The Labute approximate surface area is 156 Å². The Morgan fingerprint density at radius 2 is 1.56 bits per heavy atom. The molecule has 0 spiro atoms. The minimum Gasteiger partial charge on any atom is -0.488 e. The van der Waals surface area contributed by atoms with Gasteiger partial charge in [0.15, 0.2) is 0 Å². The van der Waals surface area contributed by atoms with Crippen LogP contribution in [0.3, 0.4) is 0 Å². The van der Waals surface area contributed by atoms with Crippen LogP contribution in [-0.2, 0) is 6.61 Å². The molecule has 0 aliphatic heterocycles. The third-order valence-electron chi connectivity index (χ3n) is 3.53. The highest BCUT2D eigenvalue weighted by atomic mass is 35.5. The van der Waals surface area contributed by atoms with E-state index in [2.05, 4.69) is 5.32 Å². The van der Waals surface area contributed by atoms with Crippen LogP contribution >= 0.6 is 23.2 Å². The molecule has 3 aromatic carbocycles. The van der Waals surface area contributed by atoms with E-state index in [1.54, 1.807) is 42.5 Å². The number of hydrogen-bond acceptors (Lipinski definition) is 2. The van der Waals surface area contributed by atoms with Crippen LogP contribution in [0.2, 0.25) is 10.0 Å². The molecule has 126 valence electrons. The quantitative estimate of drug-likeness (QED) is 0.612. The van der Waals surface area contributed by atoms with E-state index in [0.29, 0.717) is 33.7 Å². The van der Waals surface area contributed by atoms with Crippen molar-refractivity contribution in [1.29, 1.82) is 0 Å². The maximum atomic E-state index is 12.6. The van der Waals surface area contributed by atoms with Crippen LogP contribution in [0.15, 0.2) is 72.8 Å². The lowest BCUT2D eigenvalue weighted by Gasteiger charge is -2.12. The van der Waals surface area contributed by atoms with Crippen molar-refractivity contribution < 1.29 is 9.53 Å². The fourth-order valence-corrected chi connectivity index (χ4v) is 2.57. The molecule has 5 heteroatoms. The molecule has 0 saturated carbocycles. The molecule has 1 amide bonds. The van der Waals surface area contributed by atoms with E-state index < -0.39 is 0 Å². The molecule has 0 bridgehead atoms. The van der Waals surface area contributed by atoms with Crippen molar-refractivity contribution in [2.45, 2.75) is 6.61 Å². The molecule has 0 atom stereocenters. The Kier molecular flexibility index (Phi) is 5.59. The van der Waals surface area contributed by atoms with Crippen molar-refractivity contribution in [2.75, 3.05) is 5.32 Å². The van der Waals surface area contributed by atoms with Crippen LogP contribution in [0.4, 0.5) is 5.69 Å². The van der Waals surface area contributed by atoms with Gasteiger partial charge in [0.05, 0.1) is 5.56 Å². The van der Waals surface area contributed by atoms with Gasteiger partial charge >= 0.3 is 0 Å². The predicted octanol–water partition coefficient (Wildman–Crippen LogP) is 5.82. The van der Waals surface area contributed by atoms with Crippen molar-refractivity contribution in [1.82, 2.24) is 0 Å². The van der Waals surface area contributed by atoms with Gasteiger partial charge in [0, 0.05) is 15.7 Å². The Morgan fingerprint density at radius 3 is 2.28 bits per heavy atom. The summed E-state index contributed by atoms with van der Waals surface area (Å²) in [5.74, 6) is 0.174. The first-order chi connectivity index (χ1) is 12.1. The SMILES string of the molecule is O=C(Nc1ccc(Cl)cc1)c1cc(Cl)ccc1OCc1ccccc1. The van der Waals surface area contributed by atoms with Gasteiger partial charge in [-0.15, -0.1) is 0 Å². The zero-order valence-corrected chi connectivity index (χ0v) is 14.7. The Balaban J connectivity index is 1.78. The predicted molar refractivity (Wildman–Crippen MR) is 102 cm³/mol. The van der Waals surface area contributed by atoms with Crippen molar-refractivity contribution in [2.24, 2.45) is 0 Å². The fourth-order valence-electron chi connectivity index (χ4n) is 2.27. The molecule has 3 rings (SSSR count). The number of carbonyl (C=O) groups is 1. The zero-order chi connectivity index (χ0) is 17.6. The maximum Gasteiger partial charge on any atom is 0.259 e. The third-order valence-corrected chi connectivity index (χ3v) is 4.01. The smallest absolute Gasteiger partial charge is 0.259 e. The summed E-state index contributed by atoms with van der Waals surface area (Å²) in [6, 6.07) is 21.6. The summed E-state index contributed by atoms with van der Waals surface area (Å²) < 4.78 is 5.82. The van der Waals surface area contributed by atoms with Crippen molar-refractivity contribution in [3.63, 3.8) is 0 Å². The van der Waals surface area contributed by atoms with Crippen LogP contribution in [0.5, 0.6) is 5.75 Å². The summed E-state index contributed by atoms with van der Waals surface area (Å²) in [5, 5.41) is 3.89. The van der Waals surface area contributed by atoms with Gasteiger partial charge in [-0.3, -0.25) is 4.79 Å². The van der Waals surface area contributed by atoms with E-state index in [1.165, 1.54) is 0 Å². The third kappa shape index (κ3) is 4.75. The van der Waals surface area contributed by atoms with Crippen LogP contribution < -0.4 is 10.1 Å². The van der Waals surface area contributed by atoms with E-state index in [-0.39, 0.29) is 5.91 Å². The van der Waals surface area contributed by atoms with Crippen molar-refractivity contribution in [3.05, 3.63) is 94.0 Å². The summed E-state index contributed by atoms with van der Waals surface area (Å²) in [5.41, 5.74) is 2.03. The van der Waals surface area contributed by atoms with Crippen LogP contribution in [0.25, 0.3) is 0 Å². The van der Waals surface area contributed by atoms with Gasteiger partial charge in [0.2, 0.25) is 0 Å². The van der Waals surface area contributed by atoms with E-state index in [1.807, 2.05) is 30.3 Å². The molecule has 0 radical (unpaired) electrons. The standard InChI is InChI=1S/C20H15Cl2NO2/c21-15-6-9-17(10-7-15)23-20(24)18-12-16(22)8-11-19(18)25-13-14-4-2-1-3-5-14/h1-12H,13H2,(H,23,24). The average Bonchev–Trinajstić information content (AvgIpc) is 2.63. The lowest BCUT2D eigenvalue weighted by molar-refractivity contribution is 0.102. The number of nitrogens with one attached hydrogen (secondary N) is 1. The van der Waals surface area contributed by atoms with Crippen molar-refractivity contribution in [3.8, 4) is 5.75 Å². The van der Waals surface area contributed by atoms with Gasteiger partial charge in [-0.25, -0.2) is 0 Å². The zero-order valence-electron chi connectivity index (χ0n) is 13.2. The van der Waals surface area contributed by atoms with Crippen LogP contribution in [0, 0.1) is 0 Å². The number of carbonyl (C=O) groups excluding carboxylic acids is 1. The highest BCUT2D eigenvalue weighted by Crippen LogP contribution is 2.25. The minimum atomic E-state index is -0.298. The lowest BCUT2D eigenvalue weighted by Crippen LogP contribution is -2.13. The number of rotatable bonds is 5. The van der Waals surface area contributed by atoms with Crippen molar-refractivity contribution >= 4 is 34.8 Å². The number of ether oxygens (including phenoxy) is 1. The van der Waals surface area contributed by atoms with Crippen LogP contribution in [-0.4, -0.2) is 5.91 Å². The molecule has 25 heavy (non-hydrogen) atoms. The molecular formula is C20H15Cl2NO2. The Bertz CT molecular complexity index is 865. The molecule has 0 heterocycles. The molecule has 0 aliphatic rings. The summed E-state index contributed by atoms with van der Waals surface area (Å²) in [4.78, 5) is 12.6. The van der Waals surface area contributed by atoms with E-state index >= 15 is 0 Å². The van der Waals surface area contributed by atoms with Gasteiger partial charge in [0.25, 0.3) is 5.91 Å². The second kappa shape index (κ2) is 8.06. The van der Waals surface area contributed by atoms with E-state index in [0.717, 1.165) is 5.56 Å². The van der Waals surface area contributed by atoms with Gasteiger partial charge < -0.3 is 10.1 Å². The molecule has 0 saturated heterocycles. The molecule has 3 nitrogen and oxygen atoms in total. The molecule has 3 aromatic rings. The number of benzene rings is 3. The van der Waals surface area contributed by atoms with Gasteiger partial charge in [-0.05, 0) is 48.0 Å². The van der Waals surface area contributed by atoms with E-state index in [9.17, 15) is 4.79 Å². The molecule has 0 aliphatic carbocycles. The normalized spacial score (nSPS) is 10.3. The topological polar surface area (TPSA) is 38.3 Å². The highest BCUT2D eigenvalue weighted by Gasteiger charge is 2.14. The second-order valence-electron chi connectivity index (χ2n) is 5.38. The molecule has 0 fully saturated rings. The average molecular weight is 372 g/mol. The first kappa shape index (κ1) is 17.3. The molecule has 1 N–H and O–H groups in total. The van der Waals surface area contributed by atoms with Gasteiger partial charge in [0.1, 0.15) is 12.4 Å². The number of halogens is 2. The maximum absolute atomic E-state index is 12.6. The van der Waals surface area contributed by atoms with Gasteiger partial charge in [-0.1, -0.05) is 53.5 Å². The Morgan fingerprint density at radius 1 is 0.880 bits per heavy atom. The summed E-state index contributed by atoms with van der Waals surface area (Å²) in [7, 11) is 0. The fraction of sp³-hybridized carbons (Fsp3) is 0.0500.